The number of rotatable bonds is 4. The van der Waals surface area contributed by atoms with Crippen molar-refractivity contribution in [2.24, 2.45) is 5.92 Å². The number of H-pyrrole nitrogens is 1. The highest BCUT2D eigenvalue weighted by molar-refractivity contribution is 5.87. The Kier molecular flexibility index (Phi) is 3.20. The molecule has 126 valence electrons. The molecule has 2 atom stereocenters. The van der Waals surface area contributed by atoms with Crippen LogP contribution in [0.15, 0.2) is 48.8 Å². The Hall–Kier alpha value is -2.62. The normalized spacial score (nSPS) is 23.8. The fourth-order valence-corrected chi connectivity index (χ4v) is 4.63. The summed E-state index contributed by atoms with van der Waals surface area (Å²) in [5, 5.41) is 4.19. The standard InChI is InChI=1S/C21H21N3O/c25-19(10-15-12-24-20-17(15)5-3-9-22-20)23-13-16-11-21(16)8-7-14-4-1-2-6-18(14)21/h1-6,9,12,16H,7-8,10-11,13H2,(H,22,24)(H,23,25)/t16-,21-/m0/s1. The van der Waals surface area contributed by atoms with Crippen LogP contribution < -0.4 is 5.32 Å². The molecular weight excluding hydrogens is 310 g/mol. The lowest BCUT2D eigenvalue weighted by molar-refractivity contribution is -0.120. The number of amides is 1. The van der Waals surface area contributed by atoms with Crippen molar-refractivity contribution in [2.45, 2.75) is 31.1 Å². The van der Waals surface area contributed by atoms with Crippen LogP contribution >= 0.6 is 0 Å². The third kappa shape index (κ3) is 2.36. The van der Waals surface area contributed by atoms with E-state index < -0.39 is 0 Å². The largest absolute Gasteiger partial charge is 0.356 e. The molecule has 2 aliphatic rings. The Labute approximate surface area is 146 Å². The average Bonchev–Trinajstić information content (AvgIpc) is 3.00. The van der Waals surface area contributed by atoms with Crippen LogP contribution in [0.25, 0.3) is 11.0 Å². The number of hydrogen-bond donors (Lipinski definition) is 2. The lowest BCUT2D eigenvalue weighted by Crippen LogP contribution is -2.28. The van der Waals surface area contributed by atoms with E-state index in [1.165, 1.54) is 30.4 Å². The summed E-state index contributed by atoms with van der Waals surface area (Å²) in [6, 6.07) is 12.7. The molecule has 0 bridgehead atoms. The fraction of sp³-hybridized carbons (Fsp3) is 0.333. The van der Waals surface area contributed by atoms with Gasteiger partial charge in [0.15, 0.2) is 0 Å². The van der Waals surface area contributed by atoms with Crippen molar-refractivity contribution in [3.8, 4) is 0 Å². The van der Waals surface area contributed by atoms with E-state index in [-0.39, 0.29) is 5.91 Å². The molecule has 0 saturated heterocycles. The predicted octanol–water partition coefficient (Wildman–Crippen LogP) is 3.13. The molecule has 4 heteroatoms. The first-order valence-corrected chi connectivity index (χ1v) is 9.02. The average molecular weight is 331 g/mol. The zero-order valence-electron chi connectivity index (χ0n) is 14.1. The van der Waals surface area contributed by atoms with Crippen LogP contribution in [0.1, 0.15) is 29.5 Å². The summed E-state index contributed by atoms with van der Waals surface area (Å²) >= 11 is 0. The molecule has 1 saturated carbocycles. The molecule has 2 heterocycles. The number of benzene rings is 1. The molecule has 1 fully saturated rings. The quantitative estimate of drug-likeness (QED) is 0.772. The fourth-order valence-electron chi connectivity index (χ4n) is 4.63. The minimum Gasteiger partial charge on any atom is -0.356 e. The highest BCUT2D eigenvalue weighted by Crippen LogP contribution is 2.61. The van der Waals surface area contributed by atoms with Crippen molar-refractivity contribution < 1.29 is 4.79 Å². The van der Waals surface area contributed by atoms with Gasteiger partial charge in [0.1, 0.15) is 5.65 Å². The van der Waals surface area contributed by atoms with Gasteiger partial charge in [-0.1, -0.05) is 24.3 Å². The van der Waals surface area contributed by atoms with Crippen molar-refractivity contribution in [1.29, 1.82) is 0 Å². The minimum atomic E-state index is 0.0954. The van der Waals surface area contributed by atoms with Crippen molar-refractivity contribution in [2.75, 3.05) is 6.54 Å². The Morgan fingerprint density at radius 2 is 2.20 bits per heavy atom. The van der Waals surface area contributed by atoms with Crippen LogP contribution in [0.4, 0.5) is 0 Å². The summed E-state index contributed by atoms with van der Waals surface area (Å²) in [7, 11) is 0. The van der Waals surface area contributed by atoms with E-state index in [4.69, 9.17) is 0 Å². The molecule has 4 nitrogen and oxygen atoms in total. The monoisotopic (exact) mass is 331 g/mol. The Morgan fingerprint density at radius 1 is 1.28 bits per heavy atom. The van der Waals surface area contributed by atoms with E-state index in [0.717, 1.165) is 23.1 Å². The van der Waals surface area contributed by atoms with Crippen LogP contribution in [0.3, 0.4) is 0 Å². The van der Waals surface area contributed by atoms with Gasteiger partial charge in [-0.2, -0.15) is 0 Å². The van der Waals surface area contributed by atoms with Gasteiger partial charge in [0.25, 0.3) is 0 Å². The molecule has 3 aromatic rings. The highest BCUT2D eigenvalue weighted by Gasteiger charge is 2.57. The van der Waals surface area contributed by atoms with Gasteiger partial charge in [0.2, 0.25) is 5.91 Å². The third-order valence-corrected chi connectivity index (χ3v) is 6.06. The van der Waals surface area contributed by atoms with Crippen molar-refractivity contribution >= 4 is 16.9 Å². The maximum Gasteiger partial charge on any atom is 0.224 e. The van der Waals surface area contributed by atoms with Gasteiger partial charge < -0.3 is 10.3 Å². The molecule has 1 aromatic carbocycles. The maximum atomic E-state index is 12.4. The second kappa shape index (κ2) is 5.45. The summed E-state index contributed by atoms with van der Waals surface area (Å²) in [6.07, 6.45) is 7.69. The molecule has 25 heavy (non-hydrogen) atoms. The number of nitrogens with one attached hydrogen (secondary N) is 2. The Morgan fingerprint density at radius 3 is 3.16 bits per heavy atom. The van der Waals surface area contributed by atoms with Crippen molar-refractivity contribution in [3.63, 3.8) is 0 Å². The molecule has 1 spiro atoms. The first-order chi connectivity index (χ1) is 12.3. The van der Waals surface area contributed by atoms with Gasteiger partial charge in [-0.05, 0) is 54.0 Å². The minimum absolute atomic E-state index is 0.0954. The first-order valence-electron chi connectivity index (χ1n) is 9.02. The number of aromatic nitrogens is 2. The first kappa shape index (κ1) is 14.7. The second-order valence-electron chi connectivity index (χ2n) is 7.41. The SMILES string of the molecule is O=C(Cc1c[nH]c2ncccc12)NC[C@@H]1C[C@@]12CCc1ccccc12. The van der Waals surface area contributed by atoms with Gasteiger partial charge in [0, 0.05) is 29.7 Å². The molecule has 2 aromatic heterocycles. The van der Waals surface area contributed by atoms with Gasteiger partial charge in [-0.15, -0.1) is 0 Å². The maximum absolute atomic E-state index is 12.4. The van der Waals surface area contributed by atoms with E-state index >= 15 is 0 Å². The van der Waals surface area contributed by atoms with Gasteiger partial charge >= 0.3 is 0 Å². The van der Waals surface area contributed by atoms with Gasteiger partial charge in [-0.3, -0.25) is 4.79 Å². The van der Waals surface area contributed by atoms with Gasteiger partial charge in [-0.25, -0.2) is 4.98 Å². The smallest absolute Gasteiger partial charge is 0.224 e. The topological polar surface area (TPSA) is 57.8 Å². The molecule has 2 N–H and O–H groups in total. The van der Waals surface area contributed by atoms with Crippen LogP contribution in [0.2, 0.25) is 0 Å². The number of nitrogens with zero attached hydrogens (tertiary/aromatic N) is 1. The molecule has 0 radical (unpaired) electrons. The third-order valence-electron chi connectivity index (χ3n) is 6.06. The van der Waals surface area contributed by atoms with Crippen LogP contribution in [-0.2, 0) is 23.1 Å². The lowest BCUT2D eigenvalue weighted by Gasteiger charge is -2.12. The van der Waals surface area contributed by atoms with Gasteiger partial charge in [0.05, 0.1) is 6.42 Å². The number of carbonyl (C=O) groups is 1. The number of pyridine rings is 1. The zero-order valence-corrected chi connectivity index (χ0v) is 14.1. The number of hydrogen-bond acceptors (Lipinski definition) is 2. The molecule has 0 unspecified atom stereocenters. The van der Waals surface area contributed by atoms with E-state index in [1.807, 2.05) is 18.3 Å². The molecular formula is C21H21N3O. The Bertz CT molecular complexity index is 960. The number of fused-ring (bicyclic) bond motifs is 3. The number of carbonyl (C=O) groups excluding carboxylic acids is 1. The lowest BCUT2D eigenvalue weighted by atomic mass is 9.95. The molecule has 5 rings (SSSR count). The highest BCUT2D eigenvalue weighted by atomic mass is 16.1. The zero-order chi connectivity index (χ0) is 16.9. The summed E-state index contributed by atoms with van der Waals surface area (Å²) in [4.78, 5) is 19.8. The van der Waals surface area contributed by atoms with Crippen LogP contribution in [0, 0.1) is 5.92 Å². The Balaban J connectivity index is 1.22. The predicted molar refractivity (Wildman–Crippen MR) is 97.4 cm³/mol. The van der Waals surface area contributed by atoms with E-state index in [1.54, 1.807) is 6.20 Å². The van der Waals surface area contributed by atoms with E-state index in [0.29, 0.717) is 17.8 Å². The number of aromatic amines is 1. The summed E-state index contributed by atoms with van der Waals surface area (Å²) in [5.74, 6) is 0.683. The van der Waals surface area contributed by atoms with Crippen LogP contribution in [-0.4, -0.2) is 22.4 Å². The van der Waals surface area contributed by atoms with Crippen molar-refractivity contribution in [1.82, 2.24) is 15.3 Å². The summed E-state index contributed by atoms with van der Waals surface area (Å²) in [6.45, 7) is 0.785. The van der Waals surface area contributed by atoms with Crippen molar-refractivity contribution in [3.05, 3.63) is 65.5 Å². The molecule has 1 amide bonds. The molecule has 0 aliphatic heterocycles. The van der Waals surface area contributed by atoms with Crippen LogP contribution in [0.5, 0.6) is 0 Å². The summed E-state index contributed by atoms with van der Waals surface area (Å²) < 4.78 is 0. The molecule has 2 aliphatic carbocycles. The summed E-state index contributed by atoms with van der Waals surface area (Å²) in [5.41, 5.74) is 5.22. The van der Waals surface area contributed by atoms with E-state index in [9.17, 15) is 4.79 Å². The number of aryl methyl sites for hydroxylation is 1. The van der Waals surface area contributed by atoms with E-state index in [2.05, 4.69) is 39.6 Å². The second-order valence-corrected chi connectivity index (χ2v) is 7.41.